The number of rotatable bonds is 2. The molecule has 0 aliphatic carbocycles. The average Bonchev–Trinajstić information content (AvgIpc) is 2.69. The van der Waals surface area contributed by atoms with Crippen LogP contribution in [0.1, 0.15) is 21.5 Å². The van der Waals surface area contributed by atoms with E-state index in [1.54, 1.807) is 24.3 Å². The molecular weight excluding hydrogens is 337 g/mol. The van der Waals surface area contributed by atoms with Gasteiger partial charge in [0.15, 0.2) is 0 Å². The predicted molar refractivity (Wildman–Crippen MR) is 80.8 cm³/mol. The van der Waals surface area contributed by atoms with Gasteiger partial charge in [-0.15, -0.1) is 0 Å². The number of Topliss-reactive ketones (excluding diaryl/α,β-unsaturated/α-hetero) is 1. The molecule has 2 aromatic carbocycles. The van der Waals surface area contributed by atoms with Gasteiger partial charge in [-0.25, -0.2) is 4.39 Å². The summed E-state index contributed by atoms with van der Waals surface area (Å²) in [4.78, 5) is 25.5. The van der Waals surface area contributed by atoms with Gasteiger partial charge in [0.1, 0.15) is 5.82 Å². The van der Waals surface area contributed by atoms with Gasteiger partial charge in [0.05, 0.1) is 17.8 Å². The normalized spacial score (nSPS) is 13.8. The zero-order valence-electron chi connectivity index (χ0n) is 11.2. The van der Waals surface area contributed by atoms with E-state index >= 15 is 0 Å². The molecule has 0 saturated heterocycles. The van der Waals surface area contributed by atoms with Gasteiger partial charge < -0.3 is 0 Å². The summed E-state index contributed by atoms with van der Waals surface area (Å²) in [5.74, 6) is -1.55. The number of halogens is 2. The number of benzene rings is 2. The molecule has 106 valence electrons. The van der Waals surface area contributed by atoms with E-state index in [0.29, 0.717) is 16.8 Å². The van der Waals surface area contributed by atoms with E-state index in [4.69, 9.17) is 0 Å². The Kier molecular flexibility index (Phi) is 3.37. The van der Waals surface area contributed by atoms with Crippen molar-refractivity contribution in [2.75, 3.05) is 4.90 Å². The number of para-hydroxylation sites is 1. The third kappa shape index (κ3) is 2.27. The van der Waals surface area contributed by atoms with Gasteiger partial charge in [-0.2, -0.15) is 0 Å². The highest BCUT2D eigenvalue weighted by atomic mass is 79.9. The third-order valence-electron chi connectivity index (χ3n) is 3.53. The molecule has 0 unspecified atom stereocenters. The van der Waals surface area contributed by atoms with Gasteiger partial charge >= 0.3 is 0 Å². The quantitative estimate of drug-likeness (QED) is 0.778. The largest absolute Gasteiger partial charge is 0.300 e. The second kappa shape index (κ2) is 5.07. The Balaban J connectivity index is 2.06. The first-order valence-electron chi connectivity index (χ1n) is 6.39. The number of carbonyl (C=O) groups is 2. The number of aryl methyl sites for hydroxylation is 1. The molecule has 0 atom stereocenters. The van der Waals surface area contributed by atoms with E-state index < -0.39 is 17.5 Å². The Morgan fingerprint density at radius 1 is 1.19 bits per heavy atom. The molecule has 1 aliphatic heterocycles. The Morgan fingerprint density at radius 2 is 1.95 bits per heavy atom. The van der Waals surface area contributed by atoms with Crippen LogP contribution in [0.3, 0.4) is 0 Å². The summed E-state index contributed by atoms with van der Waals surface area (Å²) in [7, 11) is 0. The van der Waals surface area contributed by atoms with Crippen LogP contribution in [0.2, 0.25) is 0 Å². The third-order valence-corrected chi connectivity index (χ3v) is 4.02. The zero-order valence-corrected chi connectivity index (χ0v) is 12.8. The molecule has 21 heavy (non-hydrogen) atoms. The first kappa shape index (κ1) is 13.9. The van der Waals surface area contributed by atoms with Crippen molar-refractivity contribution < 1.29 is 14.0 Å². The van der Waals surface area contributed by atoms with Crippen LogP contribution in [0.15, 0.2) is 40.9 Å². The van der Waals surface area contributed by atoms with Crippen molar-refractivity contribution >= 4 is 33.3 Å². The lowest BCUT2D eigenvalue weighted by Gasteiger charge is -2.19. The van der Waals surface area contributed by atoms with Crippen LogP contribution in [0.5, 0.6) is 0 Å². The minimum atomic E-state index is -0.612. The number of hydrogen-bond donors (Lipinski definition) is 0. The van der Waals surface area contributed by atoms with E-state index in [2.05, 4.69) is 15.9 Å². The molecule has 1 heterocycles. The second-order valence-corrected chi connectivity index (χ2v) is 5.84. The Hall–Kier alpha value is -2.01. The standard InChI is InChI=1S/C16H11BrFNO2/c1-9-3-2-4-12-14(9)19(16(21)15(12)20)8-10-7-11(17)5-6-13(10)18/h2-7H,8H2,1H3. The van der Waals surface area contributed by atoms with Gasteiger partial charge in [-0.3, -0.25) is 14.5 Å². The first-order valence-corrected chi connectivity index (χ1v) is 7.18. The maximum absolute atomic E-state index is 13.9. The monoisotopic (exact) mass is 347 g/mol. The molecule has 3 nitrogen and oxygen atoms in total. The van der Waals surface area contributed by atoms with Crippen LogP contribution in [-0.4, -0.2) is 11.7 Å². The van der Waals surface area contributed by atoms with Crippen molar-refractivity contribution in [3.05, 3.63) is 63.4 Å². The molecule has 0 radical (unpaired) electrons. The van der Waals surface area contributed by atoms with E-state index in [1.165, 1.54) is 11.0 Å². The second-order valence-electron chi connectivity index (χ2n) is 4.93. The number of anilines is 1. The van der Waals surface area contributed by atoms with Crippen molar-refractivity contribution in [2.45, 2.75) is 13.5 Å². The highest BCUT2D eigenvalue weighted by molar-refractivity contribution is 9.10. The lowest BCUT2D eigenvalue weighted by Crippen LogP contribution is -2.29. The fourth-order valence-corrected chi connectivity index (χ4v) is 2.93. The topological polar surface area (TPSA) is 37.4 Å². The van der Waals surface area contributed by atoms with Gasteiger partial charge in [0, 0.05) is 10.0 Å². The van der Waals surface area contributed by atoms with Crippen LogP contribution in [0.25, 0.3) is 0 Å². The summed E-state index contributed by atoms with van der Waals surface area (Å²) >= 11 is 3.28. The Labute approximate surface area is 129 Å². The average molecular weight is 348 g/mol. The number of ketones is 1. The predicted octanol–water partition coefficient (Wildman–Crippen LogP) is 3.63. The van der Waals surface area contributed by atoms with Crippen LogP contribution in [0, 0.1) is 12.7 Å². The SMILES string of the molecule is Cc1cccc2c1N(Cc1cc(Br)ccc1F)C(=O)C2=O. The maximum atomic E-state index is 13.9. The van der Waals surface area contributed by atoms with Crippen molar-refractivity contribution in [1.82, 2.24) is 0 Å². The van der Waals surface area contributed by atoms with Gasteiger partial charge in [-0.05, 0) is 36.8 Å². The van der Waals surface area contributed by atoms with Gasteiger partial charge in [0.25, 0.3) is 11.7 Å². The van der Waals surface area contributed by atoms with Crippen LogP contribution < -0.4 is 4.90 Å². The highest BCUT2D eigenvalue weighted by Gasteiger charge is 2.36. The van der Waals surface area contributed by atoms with Gasteiger partial charge in [0.2, 0.25) is 0 Å². The smallest absolute Gasteiger partial charge is 0.299 e. The van der Waals surface area contributed by atoms with Crippen molar-refractivity contribution in [3.8, 4) is 0 Å². The first-order chi connectivity index (χ1) is 9.99. The molecule has 1 aliphatic rings. The van der Waals surface area contributed by atoms with E-state index in [9.17, 15) is 14.0 Å². The molecule has 0 aromatic heterocycles. The number of carbonyl (C=O) groups excluding carboxylic acids is 2. The Bertz CT molecular complexity index is 773. The Morgan fingerprint density at radius 3 is 2.71 bits per heavy atom. The summed E-state index contributed by atoms with van der Waals surface area (Å²) < 4.78 is 14.6. The fourth-order valence-electron chi connectivity index (χ4n) is 2.53. The molecule has 0 saturated carbocycles. The lowest BCUT2D eigenvalue weighted by molar-refractivity contribution is -0.114. The lowest BCUT2D eigenvalue weighted by atomic mass is 10.1. The molecule has 0 N–H and O–H groups in total. The minimum Gasteiger partial charge on any atom is -0.300 e. The van der Waals surface area contributed by atoms with Crippen molar-refractivity contribution in [1.29, 1.82) is 0 Å². The summed E-state index contributed by atoms with van der Waals surface area (Å²) in [5.41, 5.74) is 2.14. The van der Waals surface area contributed by atoms with E-state index in [0.717, 1.165) is 10.0 Å². The summed E-state index contributed by atoms with van der Waals surface area (Å²) in [6, 6.07) is 9.73. The number of nitrogens with zero attached hydrogens (tertiary/aromatic N) is 1. The van der Waals surface area contributed by atoms with Gasteiger partial charge in [-0.1, -0.05) is 28.1 Å². The summed E-state index contributed by atoms with van der Waals surface area (Å²) in [6.45, 7) is 1.86. The molecular formula is C16H11BrFNO2. The molecule has 3 rings (SSSR count). The van der Waals surface area contributed by atoms with Crippen molar-refractivity contribution in [3.63, 3.8) is 0 Å². The van der Waals surface area contributed by atoms with E-state index in [1.807, 2.05) is 13.0 Å². The van der Waals surface area contributed by atoms with Crippen molar-refractivity contribution in [2.24, 2.45) is 0 Å². The molecule has 2 aromatic rings. The maximum Gasteiger partial charge on any atom is 0.299 e. The van der Waals surface area contributed by atoms with Crippen LogP contribution >= 0.6 is 15.9 Å². The number of fused-ring (bicyclic) bond motifs is 1. The van der Waals surface area contributed by atoms with Crippen LogP contribution in [-0.2, 0) is 11.3 Å². The zero-order chi connectivity index (χ0) is 15.1. The molecule has 5 heteroatoms. The fraction of sp³-hybridized carbons (Fsp3) is 0.125. The molecule has 0 bridgehead atoms. The molecule has 0 spiro atoms. The summed E-state index contributed by atoms with van der Waals surface area (Å²) in [6.07, 6.45) is 0. The number of amides is 1. The van der Waals surface area contributed by atoms with E-state index in [-0.39, 0.29) is 6.54 Å². The summed E-state index contributed by atoms with van der Waals surface area (Å²) in [5, 5.41) is 0. The minimum absolute atomic E-state index is 0.0354. The number of hydrogen-bond acceptors (Lipinski definition) is 2. The van der Waals surface area contributed by atoms with Crippen LogP contribution in [0.4, 0.5) is 10.1 Å². The molecule has 1 amide bonds. The highest BCUT2D eigenvalue weighted by Crippen LogP contribution is 2.33. The molecule has 0 fully saturated rings.